The van der Waals surface area contributed by atoms with Crippen LogP contribution in [0.3, 0.4) is 0 Å². The fraction of sp³-hybridized carbons (Fsp3) is 0.350. The van der Waals surface area contributed by atoms with Crippen molar-refractivity contribution in [3.05, 3.63) is 42.7 Å². The van der Waals surface area contributed by atoms with Crippen LogP contribution in [0.25, 0.3) is 20.7 Å². The lowest BCUT2D eigenvalue weighted by atomic mass is 10.2. The molecule has 0 saturated carbocycles. The highest BCUT2D eigenvalue weighted by atomic mass is 32.2. The molecule has 1 aliphatic rings. The number of aromatic nitrogens is 2. The van der Waals surface area contributed by atoms with E-state index in [-0.39, 0.29) is 5.91 Å². The molecule has 1 N–H and O–H groups in total. The summed E-state index contributed by atoms with van der Waals surface area (Å²) in [4.78, 5) is 25.5. The molecule has 140 valence electrons. The normalized spacial score (nSPS) is 15.0. The molecule has 0 atom stereocenters. The van der Waals surface area contributed by atoms with Gasteiger partial charge in [0.1, 0.15) is 16.2 Å². The Hall–Kier alpha value is -1.96. The lowest BCUT2D eigenvalue weighted by Gasteiger charge is -2.19. The summed E-state index contributed by atoms with van der Waals surface area (Å²) >= 11 is 3.33. The molecule has 5 nitrogen and oxygen atoms in total. The Balaban J connectivity index is 1.43. The van der Waals surface area contributed by atoms with E-state index >= 15 is 0 Å². The fourth-order valence-corrected chi connectivity index (χ4v) is 5.15. The maximum absolute atomic E-state index is 12.4. The van der Waals surface area contributed by atoms with Crippen LogP contribution < -0.4 is 5.32 Å². The van der Waals surface area contributed by atoms with Gasteiger partial charge < -0.3 is 10.2 Å². The first-order chi connectivity index (χ1) is 13.3. The van der Waals surface area contributed by atoms with Crippen molar-refractivity contribution in [2.45, 2.75) is 17.9 Å². The smallest absolute Gasteiger partial charge is 0.223 e. The monoisotopic (exact) mass is 398 g/mol. The van der Waals surface area contributed by atoms with Gasteiger partial charge in [-0.25, -0.2) is 9.97 Å². The summed E-state index contributed by atoms with van der Waals surface area (Å²) in [5, 5.41) is 5.38. The van der Waals surface area contributed by atoms with E-state index in [0.717, 1.165) is 53.6 Å². The second-order valence-electron chi connectivity index (χ2n) is 6.46. The summed E-state index contributed by atoms with van der Waals surface area (Å²) in [5.74, 6) is 0.984. The summed E-state index contributed by atoms with van der Waals surface area (Å²) in [7, 11) is 0. The molecule has 1 saturated heterocycles. The number of hydrogen-bond donors (Lipinski definition) is 1. The SMILES string of the molecule is O=C(CCSc1ncnc2sc(-c3ccccc3)cc12)N1CCCNCC1. The number of carbonyl (C=O) groups excluding carboxylic acids is 1. The van der Waals surface area contributed by atoms with Crippen molar-refractivity contribution in [1.82, 2.24) is 20.2 Å². The minimum atomic E-state index is 0.242. The van der Waals surface area contributed by atoms with Crippen molar-refractivity contribution in [1.29, 1.82) is 0 Å². The number of benzene rings is 1. The number of hydrogen-bond acceptors (Lipinski definition) is 6. The quantitative estimate of drug-likeness (QED) is 0.525. The van der Waals surface area contributed by atoms with Crippen molar-refractivity contribution >= 4 is 39.2 Å². The Kier molecular flexibility index (Phi) is 6.01. The van der Waals surface area contributed by atoms with Crippen molar-refractivity contribution in [3.63, 3.8) is 0 Å². The number of carbonyl (C=O) groups is 1. The first kappa shape index (κ1) is 18.4. The summed E-state index contributed by atoms with van der Waals surface area (Å²) in [6.45, 7) is 3.56. The molecule has 0 bridgehead atoms. The van der Waals surface area contributed by atoms with Crippen LogP contribution in [0, 0.1) is 0 Å². The Bertz CT molecular complexity index is 905. The van der Waals surface area contributed by atoms with Gasteiger partial charge in [0.25, 0.3) is 0 Å². The second-order valence-corrected chi connectivity index (χ2v) is 8.57. The third kappa shape index (κ3) is 4.48. The molecule has 2 aromatic heterocycles. The molecule has 4 rings (SSSR count). The molecule has 0 aliphatic carbocycles. The molecule has 1 fully saturated rings. The topological polar surface area (TPSA) is 58.1 Å². The predicted octanol–water partition coefficient (Wildman–Crippen LogP) is 3.66. The molecule has 0 unspecified atom stereocenters. The molecule has 1 aromatic carbocycles. The van der Waals surface area contributed by atoms with E-state index in [1.807, 2.05) is 23.1 Å². The third-order valence-electron chi connectivity index (χ3n) is 4.60. The van der Waals surface area contributed by atoms with Gasteiger partial charge in [0.2, 0.25) is 5.91 Å². The number of rotatable bonds is 5. The molecule has 1 aliphatic heterocycles. The van der Waals surface area contributed by atoms with Gasteiger partial charge >= 0.3 is 0 Å². The first-order valence-electron chi connectivity index (χ1n) is 9.22. The number of thioether (sulfide) groups is 1. The highest BCUT2D eigenvalue weighted by Crippen LogP contribution is 2.36. The van der Waals surface area contributed by atoms with Crippen LogP contribution in [0.2, 0.25) is 0 Å². The Labute approximate surface area is 167 Å². The molecule has 27 heavy (non-hydrogen) atoms. The Morgan fingerprint density at radius 3 is 2.96 bits per heavy atom. The van der Waals surface area contributed by atoms with Crippen LogP contribution in [0.1, 0.15) is 12.8 Å². The van der Waals surface area contributed by atoms with Crippen LogP contribution in [0.4, 0.5) is 0 Å². The van der Waals surface area contributed by atoms with E-state index in [0.29, 0.717) is 6.42 Å². The first-order valence-corrected chi connectivity index (χ1v) is 11.0. The second kappa shape index (κ2) is 8.82. The van der Waals surface area contributed by atoms with Gasteiger partial charge in [-0.3, -0.25) is 4.79 Å². The number of nitrogens with zero attached hydrogens (tertiary/aromatic N) is 3. The average Bonchev–Trinajstić information content (AvgIpc) is 2.96. The van der Waals surface area contributed by atoms with Crippen molar-refractivity contribution < 1.29 is 4.79 Å². The molecule has 7 heteroatoms. The van der Waals surface area contributed by atoms with Crippen LogP contribution >= 0.6 is 23.1 Å². The van der Waals surface area contributed by atoms with E-state index in [4.69, 9.17) is 0 Å². The van der Waals surface area contributed by atoms with E-state index in [9.17, 15) is 4.79 Å². The maximum atomic E-state index is 12.4. The van der Waals surface area contributed by atoms with Crippen LogP contribution in [-0.2, 0) is 4.79 Å². The molecular formula is C20H22N4OS2. The largest absolute Gasteiger partial charge is 0.341 e. The van der Waals surface area contributed by atoms with Crippen LogP contribution in [0.15, 0.2) is 47.8 Å². The van der Waals surface area contributed by atoms with Gasteiger partial charge in [-0.1, -0.05) is 30.3 Å². The van der Waals surface area contributed by atoms with Gasteiger partial charge in [0.15, 0.2) is 0 Å². The molecule has 3 heterocycles. The van der Waals surface area contributed by atoms with Crippen LogP contribution in [0.5, 0.6) is 0 Å². The van der Waals surface area contributed by atoms with E-state index in [1.165, 1.54) is 10.4 Å². The third-order valence-corrected chi connectivity index (χ3v) is 6.70. The minimum Gasteiger partial charge on any atom is -0.341 e. The number of amides is 1. The highest BCUT2D eigenvalue weighted by molar-refractivity contribution is 7.99. The Morgan fingerprint density at radius 2 is 2.07 bits per heavy atom. The van der Waals surface area contributed by atoms with Gasteiger partial charge in [-0.2, -0.15) is 0 Å². The molecule has 0 radical (unpaired) electrons. The van der Waals surface area contributed by atoms with Gasteiger partial charge in [-0.05, 0) is 24.6 Å². The van der Waals surface area contributed by atoms with Crippen molar-refractivity contribution in [3.8, 4) is 10.4 Å². The zero-order chi connectivity index (χ0) is 18.5. The molecule has 0 spiro atoms. The van der Waals surface area contributed by atoms with E-state index in [2.05, 4.69) is 33.5 Å². The number of nitrogens with one attached hydrogen (secondary N) is 1. The zero-order valence-electron chi connectivity index (χ0n) is 15.1. The number of fused-ring (bicyclic) bond motifs is 1. The Morgan fingerprint density at radius 1 is 1.19 bits per heavy atom. The fourth-order valence-electron chi connectivity index (χ4n) is 3.18. The zero-order valence-corrected chi connectivity index (χ0v) is 16.7. The minimum absolute atomic E-state index is 0.242. The molecule has 3 aromatic rings. The molecule has 1 amide bonds. The number of thiophene rings is 1. The van der Waals surface area contributed by atoms with E-state index in [1.54, 1.807) is 29.4 Å². The van der Waals surface area contributed by atoms with Gasteiger partial charge in [0, 0.05) is 42.1 Å². The van der Waals surface area contributed by atoms with Crippen molar-refractivity contribution in [2.75, 3.05) is 31.9 Å². The summed E-state index contributed by atoms with van der Waals surface area (Å²) < 4.78 is 0. The standard InChI is InChI=1S/C20H22N4OS2/c25-18(24-10-4-8-21-9-11-24)7-12-26-19-16-13-17(15-5-2-1-3-6-15)27-20(16)23-14-22-19/h1-3,5-6,13-14,21H,4,7-12H2. The predicted molar refractivity (Wildman–Crippen MR) is 112 cm³/mol. The van der Waals surface area contributed by atoms with Gasteiger partial charge in [0.05, 0.1) is 0 Å². The summed E-state index contributed by atoms with van der Waals surface area (Å²) in [6, 6.07) is 12.5. The summed E-state index contributed by atoms with van der Waals surface area (Å²) in [6.07, 6.45) is 3.20. The lowest BCUT2D eigenvalue weighted by Crippen LogP contribution is -2.34. The van der Waals surface area contributed by atoms with Crippen molar-refractivity contribution in [2.24, 2.45) is 0 Å². The average molecular weight is 399 g/mol. The van der Waals surface area contributed by atoms with Crippen LogP contribution in [-0.4, -0.2) is 52.7 Å². The van der Waals surface area contributed by atoms with Gasteiger partial charge in [-0.15, -0.1) is 23.1 Å². The maximum Gasteiger partial charge on any atom is 0.223 e. The molecular weight excluding hydrogens is 376 g/mol. The highest BCUT2D eigenvalue weighted by Gasteiger charge is 2.16. The summed E-state index contributed by atoms with van der Waals surface area (Å²) in [5.41, 5.74) is 1.20. The van der Waals surface area contributed by atoms with E-state index < -0.39 is 0 Å². The lowest BCUT2D eigenvalue weighted by molar-refractivity contribution is -0.130.